The Kier molecular flexibility index (Phi) is 7.59. The number of carbonyl (C=O) groups is 4. The first-order valence-corrected chi connectivity index (χ1v) is 10.6. The summed E-state index contributed by atoms with van der Waals surface area (Å²) in [5, 5.41) is 5.49. The molecule has 0 aromatic heterocycles. The molecule has 2 aromatic rings. The van der Waals surface area contributed by atoms with Crippen LogP contribution < -0.4 is 20.3 Å². The molecule has 0 saturated heterocycles. The summed E-state index contributed by atoms with van der Waals surface area (Å²) >= 11 is 0. The zero-order valence-electron chi connectivity index (χ0n) is 18.3. The van der Waals surface area contributed by atoms with Crippen LogP contribution in [-0.2, 0) is 14.4 Å². The molecule has 0 aliphatic carbocycles. The Balaban J connectivity index is 1.63. The largest absolute Gasteiger partial charge is 0.482 e. The number of fused-ring (bicyclic) bond motifs is 1. The first-order valence-electron chi connectivity index (χ1n) is 10.6. The Labute approximate surface area is 186 Å². The quantitative estimate of drug-likeness (QED) is 0.587. The topological polar surface area (TPSA) is 105 Å². The van der Waals surface area contributed by atoms with Gasteiger partial charge in [0.1, 0.15) is 12.3 Å². The maximum Gasteiger partial charge on any atom is 0.265 e. The minimum Gasteiger partial charge on any atom is -0.482 e. The van der Waals surface area contributed by atoms with Crippen LogP contribution in [0.5, 0.6) is 5.75 Å². The third kappa shape index (κ3) is 5.94. The molecule has 32 heavy (non-hydrogen) atoms. The van der Waals surface area contributed by atoms with Crippen LogP contribution in [0.25, 0.3) is 0 Å². The standard InChI is InChI=1S/C24H27N3O5/c1-3-12-25-23(30)14-27-19-13-18(8-10-21(19)32-15-24(27)31)26-22(29)11-9-20(28)17-6-4-16(2)5-7-17/h4-8,10,13H,3,9,11-12,14-15H2,1-2H3,(H,25,30)(H,26,29). The lowest BCUT2D eigenvalue weighted by atomic mass is 10.0. The number of hydrogen-bond acceptors (Lipinski definition) is 5. The van der Waals surface area contributed by atoms with Crippen LogP contribution in [0.2, 0.25) is 0 Å². The van der Waals surface area contributed by atoms with E-state index in [4.69, 9.17) is 4.74 Å². The van der Waals surface area contributed by atoms with E-state index >= 15 is 0 Å². The predicted molar refractivity (Wildman–Crippen MR) is 121 cm³/mol. The highest BCUT2D eigenvalue weighted by Crippen LogP contribution is 2.34. The molecular formula is C24H27N3O5. The number of rotatable bonds is 9. The fourth-order valence-corrected chi connectivity index (χ4v) is 3.25. The molecule has 8 nitrogen and oxygen atoms in total. The summed E-state index contributed by atoms with van der Waals surface area (Å²) in [6, 6.07) is 12.1. The molecule has 8 heteroatoms. The molecule has 2 N–H and O–H groups in total. The number of benzene rings is 2. The number of aryl methyl sites for hydroxylation is 1. The summed E-state index contributed by atoms with van der Waals surface area (Å²) in [6.07, 6.45) is 0.912. The molecular weight excluding hydrogens is 410 g/mol. The zero-order valence-corrected chi connectivity index (χ0v) is 18.3. The van der Waals surface area contributed by atoms with Gasteiger partial charge in [0, 0.05) is 30.6 Å². The minimum atomic E-state index is -0.337. The van der Waals surface area contributed by atoms with E-state index in [2.05, 4.69) is 10.6 Å². The Morgan fingerprint density at radius 2 is 1.78 bits per heavy atom. The van der Waals surface area contributed by atoms with E-state index in [0.29, 0.717) is 29.2 Å². The molecule has 168 valence electrons. The fourth-order valence-electron chi connectivity index (χ4n) is 3.25. The number of hydrogen-bond donors (Lipinski definition) is 2. The minimum absolute atomic E-state index is 0.0301. The first kappa shape index (κ1) is 23.0. The molecule has 3 rings (SSSR count). The van der Waals surface area contributed by atoms with E-state index < -0.39 is 0 Å². The van der Waals surface area contributed by atoms with Crippen molar-refractivity contribution in [1.29, 1.82) is 0 Å². The summed E-state index contributed by atoms with van der Waals surface area (Å²) in [5.74, 6) is -0.566. The molecule has 0 spiro atoms. The zero-order chi connectivity index (χ0) is 23.1. The number of ketones is 1. The molecule has 0 saturated carbocycles. The fraction of sp³-hybridized carbons (Fsp3) is 0.333. The second-order valence-electron chi connectivity index (χ2n) is 7.64. The van der Waals surface area contributed by atoms with E-state index in [1.807, 2.05) is 26.0 Å². The summed E-state index contributed by atoms with van der Waals surface area (Å²) in [7, 11) is 0. The highest BCUT2D eigenvalue weighted by atomic mass is 16.5. The van der Waals surface area contributed by atoms with Crippen molar-refractivity contribution in [2.24, 2.45) is 0 Å². The lowest BCUT2D eigenvalue weighted by Gasteiger charge is -2.29. The van der Waals surface area contributed by atoms with Gasteiger partial charge in [-0.2, -0.15) is 0 Å². The summed E-state index contributed by atoms with van der Waals surface area (Å²) in [4.78, 5) is 50.5. The van der Waals surface area contributed by atoms with E-state index in [0.717, 1.165) is 12.0 Å². The van der Waals surface area contributed by atoms with Gasteiger partial charge in [-0.3, -0.25) is 24.1 Å². The first-order chi connectivity index (χ1) is 15.4. The maximum atomic E-state index is 12.4. The molecule has 3 amide bonds. The van der Waals surface area contributed by atoms with Crippen LogP contribution in [0.1, 0.15) is 42.1 Å². The van der Waals surface area contributed by atoms with Crippen LogP contribution in [0.3, 0.4) is 0 Å². The lowest BCUT2D eigenvalue weighted by Crippen LogP contribution is -2.45. The summed E-state index contributed by atoms with van der Waals surface area (Å²) < 4.78 is 5.44. The van der Waals surface area contributed by atoms with Crippen LogP contribution in [-0.4, -0.2) is 43.2 Å². The van der Waals surface area contributed by atoms with Crippen molar-refractivity contribution in [2.75, 3.05) is 29.9 Å². The number of carbonyl (C=O) groups excluding carboxylic acids is 4. The predicted octanol–water partition coefficient (Wildman–Crippen LogP) is 2.85. The SMILES string of the molecule is CCCNC(=O)CN1C(=O)COc2ccc(NC(=O)CCC(=O)c3ccc(C)cc3)cc21. The normalized spacial score (nSPS) is 12.6. The number of Topliss-reactive ketones (excluding diaryl/α,β-unsaturated/α-hetero) is 1. The Morgan fingerprint density at radius 3 is 2.50 bits per heavy atom. The van der Waals surface area contributed by atoms with Crippen molar-refractivity contribution < 1.29 is 23.9 Å². The number of ether oxygens (including phenoxy) is 1. The third-order valence-corrected chi connectivity index (χ3v) is 5.01. The number of nitrogens with one attached hydrogen (secondary N) is 2. The average Bonchev–Trinajstić information content (AvgIpc) is 2.78. The van der Waals surface area contributed by atoms with Crippen LogP contribution in [0.15, 0.2) is 42.5 Å². The van der Waals surface area contributed by atoms with Crippen LogP contribution in [0, 0.1) is 6.92 Å². The Bertz CT molecular complexity index is 1020. The highest BCUT2D eigenvalue weighted by Gasteiger charge is 2.27. The van der Waals surface area contributed by atoms with Crippen molar-refractivity contribution in [2.45, 2.75) is 33.1 Å². The molecule has 0 bridgehead atoms. The van der Waals surface area contributed by atoms with Gasteiger partial charge in [-0.1, -0.05) is 36.8 Å². The van der Waals surface area contributed by atoms with Crippen molar-refractivity contribution >= 4 is 34.9 Å². The van der Waals surface area contributed by atoms with Gasteiger partial charge in [-0.15, -0.1) is 0 Å². The van der Waals surface area contributed by atoms with Gasteiger partial charge in [0.15, 0.2) is 12.4 Å². The van der Waals surface area contributed by atoms with E-state index in [9.17, 15) is 19.2 Å². The van der Waals surface area contributed by atoms with Crippen molar-refractivity contribution in [3.05, 3.63) is 53.6 Å². The summed E-state index contributed by atoms with van der Waals surface area (Å²) in [5.41, 5.74) is 2.51. The number of anilines is 2. The highest BCUT2D eigenvalue weighted by molar-refractivity contribution is 6.04. The van der Waals surface area contributed by atoms with Gasteiger partial charge in [0.25, 0.3) is 5.91 Å². The summed E-state index contributed by atoms with van der Waals surface area (Å²) in [6.45, 7) is 4.14. The second-order valence-corrected chi connectivity index (χ2v) is 7.64. The van der Waals surface area contributed by atoms with Gasteiger partial charge < -0.3 is 15.4 Å². The molecule has 1 aliphatic heterocycles. The second kappa shape index (κ2) is 10.6. The van der Waals surface area contributed by atoms with Crippen LogP contribution in [0.4, 0.5) is 11.4 Å². The molecule has 0 unspecified atom stereocenters. The van der Waals surface area contributed by atoms with Gasteiger partial charge in [-0.25, -0.2) is 0 Å². The Hall–Kier alpha value is -3.68. The van der Waals surface area contributed by atoms with Crippen molar-refractivity contribution in [1.82, 2.24) is 5.32 Å². The monoisotopic (exact) mass is 437 g/mol. The maximum absolute atomic E-state index is 12.4. The number of nitrogens with zero attached hydrogens (tertiary/aromatic N) is 1. The Morgan fingerprint density at radius 1 is 1.03 bits per heavy atom. The van der Waals surface area contributed by atoms with Gasteiger partial charge in [0.2, 0.25) is 11.8 Å². The van der Waals surface area contributed by atoms with Crippen molar-refractivity contribution in [3.63, 3.8) is 0 Å². The van der Waals surface area contributed by atoms with Crippen LogP contribution >= 0.6 is 0 Å². The molecule has 0 atom stereocenters. The van der Waals surface area contributed by atoms with E-state index in [-0.39, 0.29) is 49.5 Å². The van der Waals surface area contributed by atoms with Crippen molar-refractivity contribution in [3.8, 4) is 5.75 Å². The lowest BCUT2D eigenvalue weighted by molar-refractivity contribution is -0.125. The van der Waals surface area contributed by atoms with E-state index in [1.54, 1.807) is 30.3 Å². The van der Waals surface area contributed by atoms with Gasteiger partial charge >= 0.3 is 0 Å². The molecule has 0 fully saturated rings. The molecule has 1 heterocycles. The van der Waals surface area contributed by atoms with Gasteiger partial charge in [-0.05, 0) is 31.5 Å². The third-order valence-electron chi connectivity index (χ3n) is 5.01. The molecule has 2 aromatic carbocycles. The molecule has 1 aliphatic rings. The van der Waals surface area contributed by atoms with Gasteiger partial charge in [0.05, 0.1) is 5.69 Å². The number of amides is 3. The molecule has 0 radical (unpaired) electrons. The smallest absolute Gasteiger partial charge is 0.265 e. The van der Waals surface area contributed by atoms with E-state index in [1.165, 1.54) is 4.90 Å². The average molecular weight is 437 g/mol.